The molecule has 22 heavy (non-hydrogen) atoms. The second kappa shape index (κ2) is 6.79. The third-order valence-electron chi connectivity index (χ3n) is 4.12. The van der Waals surface area contributed by atoms with Gasteiger partial charge in [0.15, 0.2) is 5.82 Å². The van der Waals surface area contributed by atoms with Crippen LogP contribution in [0.2, 0.25) is 5.02 Å². The first kappa shape index (κ1) is 17.0. The molecule has 122 valence electrons. The number of carbonyl (C=O) groups excluding carboxylic acids is 1. The molecule has 1 fully saturated rings. The molecule has 0 unspecified atom stereocenters. The maximum atomic E-state index is 13.7. The number of piperidine rings is 1. The number of nitrogens with one attached hydrogen (secondary N) is 1. The number of hydrogen-bond acceptors (Lipinski definition) is 2. The van der Waals surface area contributed by atoms with Crippen molar-refractivity contribution < 1.29 is 13.6 Å². The molecule has 4 nitrogen and oxygen atoms in total. The Bertz CT molecular complexity index is 547. The molecule has 1 aromatic carbocycles. The molecule has 0 aromatic heterocycles. The molecular weight excluding hydrogens is 312 g/mol. The Hall–Kier alpha value is -1.40. The van der Waals surface area contributed by atoms with Gasteiger partial charge in [-0.15, -0.1) is 0 Å². The highest BCUT2D eigenvalue weighted by Gasteiger charge is 2.30. The number of amides is 2. The number of halogens is 3. The van der Waals surface area contributed by atoms with Crippen LogP contribution in [0.4, 0.5) is 19.3 Å². The number of rotatable bonds is 2. The largest absolute Gasteiger partial charge is 0.324 e. The number of nitrogens with zero attached hydrogens (tertiary/aromatic N) is 2. The first-order chi connectivity index (χ1) is 10.3. The van der Waals surface area contributed by atoms with Crippen LogP contribution in [0.15, 0.2) is 12.1 Å². The third kappa shape index (κ3) is 3.67. The molecule has 1 aromatic rings. The lowest BCUT2D eigenvalue weighted by atomic mass is 9.93. The Morgan fingerprint density at radius 1 is 1.45 bits per heavy atom. The SMILES string of the molecule is C[C@@H]1CN(C)CC[C@@H]1N(C)C(=O)Nc1c(F)cc(F)cc1Cl. The van der Waals surface area contributed by atoms with Crippen LogP contribution in [0, 0.1) is 17.6 Å². The smallest absolute Gasteiger partial charge is 0.321 e. The molecule has 1 N–H and O–H groups in total. The molecule has 2 rings (SSSR count). The number of anilines is 1. The van der Waals surface area contributed by atoms with E-state index < -0.39 is 17.7 Å². The van der Waals surface area contributed by atoms with Crippen molar-refractivity contribution in [1.82, 2.24) is 9.80 Å². The van der Waals surface area contributed by atoms with E-state index in [2.05, 4.69) is 17.1 Å². The highest BCUT2D eigenvalue weighted by Crippen LogP contribution is 2.27. The van der Waals surface area contributed by atoms with E-state index in [-0.39, 0.29) is 16.8 Å². The molecule has 0 spiro atoms. The van der Waals surface area contributed by atoms with Gasteiger partial charge in [0.05, 0.1) is 10.7 Å². The van der Waals surface area contributed by atoms with Crippen molar-refractivity contribution in [3.8, 4) is 0 Å². The Morgan fingerprint density at radius 2 is 2.14 bits per heavy atom. The number of benzene rings is 1. The van der Waals surface area contributed by atoms with Gasteiger partial charge < -0.3 is 15.1 Å². The van der Waals surface area contributed by atoms with E-state index in [9.17, 15) is 13.6 Å². The zero-order chi connectivity index (χ0) is 16.4. The second-order valence-corrected chi connectivity index (χ2v) is 6.29. The van der Waals surface area contributed by atoms with Crippen LogP contribution in [0.1, 0.15) is 13.3 Å². The van der Waals surface area contributed by atoms with Crippen LogP contribution >= 0.6 is 11.6 Å². The molecule has 0 bridgehead atoms. The Kier molecular flexibility index (Phi) is 5.24. The van der Waals surface area contributed by atoms with E-state index in [0.29, 0.717) is 12.0 Å². The quantitative estimate of drug-likeness (QED) is 0.901. The van der Waals surface area contributed by atoms with Gasteiger partial charge in [-0.2, -0.15) is 0 Å². The zero-order valence-corrected chi connectivity index (χ0v) is 13.6. The van der Waals surface area contributed by atoms with Crippen LogP contribution < -0.4 is 5.32 Å². The summed E-state index contributed by atoms with van der Waals surface area (Å²) in [5, 5.41) is 2.28. The van der Waals surface area contributed by atoms with E-state index in [0.717, 1.165) is 25.6 Å². The predicted molar refractivity (Wildman–Crippen MR) is 83.2 cm³/mol. The fraction of sp³-hybridized carbons (Fsp3) is 0.533. The van der Waals surface area contributed by atoms with E-state index >= 15 is 0 Å². The van der Waals surface area contributed by atoms with Gasteiger partial charge in [-0.05, 0) is 32.0 Å². The zero-order valence-electron chi connectivity index (χ0n) is 12.9. The molecular formula is C15H20ClF2N3O. The van der Waals surface area contributed by atoms with Crippen molar-refractivity contribution in [3.05, 3.63) is 28.8 Å². The minimum Gasteiger partial charge on any atom is -0.324 e. The maximum absolute atomic E-state index is 13.7. The van der Waals surface area contributed by atoms with E-state index in [1.54, 1.807) is 11.9 Å². The summed E-state index contributed by atoms with van der Waals surface area (Å²) >= 11 is 5.80. The van der Waals surface area contributed by atoms with Gasteiger partial charge in [0.2, 0.25) is 0 Å². The highest BCUT2D eigenvalue weighted by molar-refractivity contribution is 6.33. The summed E-state index contributed by atoms with van der Waals surface area (Å²) < 4.78 is 26.8. The average molecular weight is 332 g/mol. The molecule has 7 heteroatoms. The monoisotopic (exact) mass is 331 g/mol. The minimum atomic E-state index is -0.886. The van der Waals surface area contributed by atoms with Crippen molar-refractivity contribution >= 4 is 23.3 Å². The van der Waals surface area contributed by atoms with Crippen LogP contribution in [-0.2, 0) is 0 Å². The Morgan fingerprint density at radius 3 is 2.73 bits per heavy atom. The minimum absolute atomic E-state index is 0.0680. The highest BCUT2D eigenvalue weighted by atomic mass is 35.5. The lowest BCUT2D eigenvalue weighted by Crippen LogP contribution is -2.50. The molecule has 2 atom stereocenters. The topological polar surface area (TPSA) is 35.6 Å². The number of carbonyl (C=O) groups is 1. The molecule has 1 heterocycles. The van der Waals surface area contributed by atoms with E-state index in [1.807, 2.05) is 7.05 Å². The number of urea groups is 1. The molecule has 0 radical (unpaired) electrons. The van der Waals surface area contributed by atoms with Gasteiger partial charge in [0.25, 0.3) is 0 Å². The fourth-order valence-corrected chi connectivity index (χ4v) is 3.17. The Labute approximate surface area is 134 Å². The molecule has 1 saturated heterocycles. The summed E-state index contributed by atoms with van der Waals surface area (Å²) in [5.41, 5.74) is -0.194. The van der Waals surface area contributed by atoms with Crippen molar-refractivity contribution in [1.29, 1.82) is 0 Å². The summed E-state index contributed by atoms with van der Waals surface area (Å²) in [6.07, 6.45) is 0.848. The van der Waals surface area contributed by atoms with Gasteiger partial charge in [0, 0.05) is 25.7 Å². The van der Waals surface area contributed by atoms with Crippen LogP contribution in [-0.4, -0.2) is 49.1 Å². The molecule has 2 amide bonds. The van der Waals surface area contributed by atoms with Crippen molar-refractivity contribution in [2.24, 2.45) is 5.92 Å². The Balaban J connectivity index is 2.09. The molecule has 1 aliphatic heterocycles. The summed E-state index contributed by atoms with van der Waals surface area (Å²) in [5.74, 6) is -1.36. The first-order valence-corrected chi connectivity index (χ1v) is 7.54. The third-order valence-corrected chi connectivity index (χ3v) is 4.42. The van der Waals surface area contributed by atoms with Gasteiger partial charge >= 0.3 is 6.03 Å². The number of hydrogen-bond donors (Lipinski definition) is 1. The van der Waals surface area contributed by atoms with E-state index in [4.69, 9.17) is 11.6 Å². The van der Waals surface area contributed by atoms with Crippen molar-refractivity contribution in [2.75, 3.05) is 32.5 Å². The lowest BCUT2D eigenvalue weighted by Gasteiger charge is -2.39. The van der Waals surface area contributed by atoms with Crippen molar-refractivity contribution in [2.45, 2.75) is 19.4 Å². The van der Waals surface area contributed by atoms with Crippen LogP contribution in [0.25, 0.3) is 0 Å². The molecule has 0 saturated carbocycles. The second-order valence-electron chi connectivity index (χ2n) is 5.88. The van der Waals surface area contributed by atoms with Crippen molar-refractivity contribution in [3.63, 3.8) is 0 Å². The van der Waals surface area contributed by atoms with Crippen LogP contribution in [0.5, 0.6) is 0 Å². The van der Waals surface area contributed by atoms with Gasteiger partial charge in [-0.3, -0.25) is 0 Å². The molecule has 1 aliphatic rings. The van der Waals surface area contributed by atoms with Gasteiger partial charge in [-0.25, -0.2) is 13.6 Å². The predicted octanol–water partition coefficient (Wildman–Crippen LogP) is 3.42. The van der Waals surface area contributed by atoms with E-state index in [1.165, 1.54) is 0 Å². The first-order valence-electron chi connectivity index (χ1n) is 7.16. The normalized spacial score (nSPS) is 22.5. The lowest BCUT2D eigenvalue weighted by molar-refractivity contribution is 0.113. The average Bonchev–Trinajstić information content (AvgIpc) is 2.41. The summed E-state index contributed by atoms with van der Waals surface area (Å²) in [4.78, 5) is 16.1. The van der Waals surface area contributed by atoms with Gasteiger partial charge in [0.1, 0.15) is 5.82 Å². The molecule has 0 aliphatic carbocycles. The standard InChI is InChI=1S/C15H20ClF2N3O/c1-9-8-20(2)5-4-13(9)21(3)15(22)19-14-11(16)6-10(17)7-12(14)18/h6-7,9,13H,4-5,8H2,1-3H3,(H,19,22)/t9-,13+/m1/s1. The summed E-state index contributed by atoms with van der Waals surface area (Å²) in [7, 11) is 3.72. The van der Waals surface area contributed by atoms with Gasteiger partial charge in [-0.1, -0.05) is 18.5 Å². The number of likely N-dealkylation sites (tertiary alicyclic amines) is 1. The summed E-state index contributed by atoms with van der Waals surface area (Å²) in [6.45, 7) is 3.88. The van der Waals surface area contributed by atoms with Crippen LogP contribution in [0.3, 0.4) is 0 Å². The fourth-order valence-electron chi connectivity index (χ4n) is 2.92. The maximum Gasteiger partial charge on any atom is 0.321 e. The summed E-state index contributed by atoms with van der Waals surface area (Å²) in [6, 6.07) is 1.28.